The van der Waals surface area contributed by atoms with Gasteiger partial charge in [-0.1, -0.05) is 36.9 Å². The number of ether oxygens (including phenoxy) is 1. The number of nitrogens with zero attached hydrogens (tertiary/aromatic N) is 3. The van der Waals surface area contributed by atoms with E-state index in [9.17, 15) is 9.59 Å². The Labute approximate surface area is 200 Å². The largest absolute Gasteiger partial charge is 0.462 e. The van der Waals surface area contributed by atoms with Gasteiger partial charge in [-0.05, 0) is 57.4 Å². The molecule has 4 aromatic rings. The van der Waals surface area contributed by atoms with Crippen LogP contribution in [-0.4, -0.2) is 38.3 Å². The topological polar surface area (TPSA) is 85.6 Å². The fourth-order valence-electron chi connectivity index (χ4n) is 3.76. The van der Waals surface area contributed by atoms with Crippen molar-refractivity contribution >= 4 is 56.5 Å². The van der Waals surface area contributed by atoms with Crippen molar-refractivity contribution in [3.8, 4) is 0 Å². The number of benzene rings is 1. The average Bonchev–Trinajstić information content (AvgIpc) is 3.32. The predicted molar refractivity (Wildman–Crippen MR) is 134 cm³/mol. The lowest BCUT2D eigenvalue weighted by molar-refractivity contribution is -0.115. The predicted octanol–water partition coefficient (Wildman–Crippen LogP) is 5.56. The Hall–Kier alpha value is -2.91. The quantitative estimate of drug-likeness (QED) is 0.274. The Morgan fingerprint density at radius 2 is 1.94 bits per heavy atom. The molecule has 3 heterocycles. The minimum Gasteiger partial charge on any atom is -0.462 e. The summed E-state index contributed by atoms with van der Waals surface area (Å²) in [6.07, 6.45) is 0.591. The first-order valence-corrected chi connectivity index (χ1v) is 12.5. The van der Waals surface area contributed by atoms with E-state index in [1.54, 1.807) is 6.92 Å². The van der Waals surface area contributed by atoms with E-state index in [0.717, 1.165) is 32.6 Å². The average molecular weight is 483 g/mol. The van der Waals surface area contributed by atoms with Crippen LogP contribution < -0.4 is 5.32 Å². The third kappa shape index (κ3) is 4.35. The first kappa shape index (κ1) is 23.3. The van der Waals surface area contributed by atoms with Gasteiger partial charge in [0.25, 0.3) is 0 Å². The molecule has 4 rings (SSSR count). The number of carbonyl (C=O) groups excluding carboxylic acids is 2. The van der Waals surface area contributed by atoms with Crippen molar-refractivity contribution in [1.82, 2.24) is 14.6 Å². The van der Waals surface area contributed by atoms with Crippen molar-refractivity contribution in [1.29, 1.82) is 0 Å². The molecule has 1 atom stereocenters. The number of aryl methyl sites for hydroxylation is 2. The van der Waals surface area contributed by atoms with Gasteiger partial charge in [0.05, 0.1) is 22.9 Å². The third-order valence-corrected chi connectivity index (χ3v) is 8.02. The number of fused-ring (bicyclic) bond motifs is 3. The van der Waals surface area contributed by atoms with Crippen LogP contribution in [0.1, 0.15) is 46.6 Å². The number of rotatable bonds is 7. The van der Waals surface area contributed by atoms with Crippen LogP contribution >= 0.6 is 23.1 Å². The molecule has 172 valence electrons. The summed E-state index contributed by atoms with van der Waals surface area (Å²) in [5.41, 5.74) is 4.14. The maximum Gasteiger partial charge on any atom is 0.341 e. The number of thiophene rings is 1. The second kappa shape index (κ2) is 9.52. The number of aromatic nitrogens is 3. The summed E-state index contributed by atoms with van der Waals surface area (Å²) in [6, 6.07) is 10.1. The molecule has 7 nitrogen and oxygen atoms in total. The molecule has 1 N–H and O–H groups in total. The maximum absolute atomic E-state index is 13.2. The summed E-state index contributed by atoms with van der Waals surface area (Å²) in [5.74, 6) is -0.594. The van der Waals surface area contributed by atoms with Crippen molar-refractivity contribution in [2.45, 2.75) is 51.4 Å². The Bertz CT molecular complexity index is 1360. The van der Waals surface area contributed by atoms with E-state index in [2.05, 4.69) is 28.5 Å². The zero-order valence-electron chi connectivity index (χ0n) is 19.3. The van der Waals surface area contributed by atoms with Crippen molar-refractivity contribution in [3.63, 3.8) is 0 Å². The first-order chi connectivity index (χ1) is 15.8. The van der Waals surface area contributed by atoms with Crippen LogP contribution in [0.3, 0.4) is 0 Å². The fraction of sp³-hybridized carbons (Fsp3) is 0.333. The van der Waals surface area contributed by atoms with Gasteiger partial charge in [-0.15, -0.1) is 21.5 Å². The molecule has 33 heavy (non-hydrogen) atoms. The minimum atomic E-state index is -0.416. The van der Waals surface area contributed by atoms with Gasteiger partial charge in [-0.25, -0.2) is 4.79 Å². The Kier molecular flexibility index (Phi) is 6.71. The summed E-state index contributed by atoms with van der Waals surface area (Å²) in [7, 11) is 0. The molecule has 9 heteroatoms. The number of hydrogen-bond acceptors (Lipinski definition) is 7. The number of carbonyl (C=O) groups is 2. The lowest BCUT2D eigenvalue weighted by Gasteiger charge is -2.14. The number of para-hydroxylation sites is 1. The highest BCUT2D eigenvalue weighted by molar-refractivity contribution is 8.00. The summed E-state index contributed by atoms with van der Waals surface area (Å²) in [6.45, 7) is 9.86. The molecule has 0 radical (unpaired) electrons. The van der Waals surface area contributed by atoms with E-state index < -0.39 is 11.2 Å². The molecule has 0 aliphatic heterocycles. The molecule has 1 amide bonds. The molecule has 1 aromatic carbocycles. The van der Waals surface area contributed by atoms with Crippen LogP contribution in [0.2, 0.25) is 0 Å². The molecule has 0 aliphatic rings. The van der Waals surface area contributed by atoms with Gasteiger partial charge in [0.2, 0.25) is 5.91 Å². The van der Waals surface area contributed by atoms with Crippen molar-refractivity contribution < 1.29 is 14.3 Å². The molecule has 0 saturated heterocycles. The molecule has 3 aromatic heterocycles. The SMILES string of the molecule is CCOC(=O)c1c(NC(=O)C(CC)Sc2nnc3cc(C)c4ccccc4n23)sc(C)c1C. The lowest BCUT2D eigenvalue weighted by atomic mass is 10.1. The van der Waals surface area contributed by atoms with E-state index >= 15 is 0 Å². The molecule has 1 unspecified atom stereocenters. The van der Waals surface area contributed by atoms with Crippen LogP contribution in [-0.2, 0) is 9.53 Å². The summed E-state index contributed by atoms with van der Waals surface area (Å²) >= 11 is 2.76. The number of anilines is 1. The van der Waals surface area contributed by atoms with Gasteiger partial charge in [-0.2, -0.15) is 0 Å². The van der Waals surface area contributed by atoms with Gasteiger partial charge in [0, 0.05) is 10.3 Å². The Morgan fingerprint density at radius 3 is 2.67 bits per heavy atom. The highest BCUT2D eigenvalue weighted by Gasteiger charge is 2.26. The third-order valence-electron chi connectivity index (χ3n) is 5.59. The standard InChI is InChI=1S/C24H26N4O3S2/c1-6-18(21(29)25-22-20(23(30)31-7-2)14(4)15(5)32-22)33-24-27-26-19-12-13(3)16-10-8-9-11-17(16)28(19)24/h8-12,18H,6-7H2,1-5H3,(H,25,29). The summed E-state index contributed by atoms with van der Waals surface area (Å²) in [4.78, 5) is 26.7. The first-order valence-electron chi connectivity index (χ1n) is 10.8. The maximum atomic E-state index is 13.2. The van der Waals surface area contributed by atoms with Gasteiger partial charge >= 0.3 is 5.97 Å². The van der Waals surface area contributed by atoms with Crippen LogP contribution in [0.5, 0.6) is 0 Å². The summed E-state index contributed by atoms with van der Waals surface area (Å²) in [5, 5.41) is 13.6. The van der Waals surface area contributed by atoms with E-state index in [4.69, 9.17) is 4.74 Å². The molecular weight excluding hydrogens is 456 g/mol. The molecule has 0 bridgehead atoms. The number of hydrogen-bond donors (Lipinski definition) is 1. The van der Waals surface area contributed by atoms with Gasteiger partial charge in [0.15, 0.2) is 10.8 Å². The second-order valence-corrected chi connectivity index (χ2v) is 10.1. The molecule has 0 fully saturated rings. The monoisotopic (exact) mass is 482 g/mol. The van der Waals surface area contributed by atoms with Gasteiger partial charge in [-0.3, -0.25) is 9.20 Å². The van der Waals surface area contributed by atoms with Crippen LogP contribution in [0.4, 0.5) is 5.00 Å². The summed E-state index contributed by atoms with van der Waals surface area (Å²) < 4.78 is 7.20. The molecule has 0 aliphatic carbocycles. The van der Waals surface area contributed by atoms with Crippen molar-refractivity contribution in [2.24, 2.45) is 0 Å². The molecule has 0 saturated carbocycles. The van der Waals surface area contributed by atoms with E-state index in [0.29, 0.717) is 22.1 Å². The Balaban J connectivity index is 1.64. The van der Waals surface area contributed by atoms with Gasteiger partial charge in [0.1, 0.15) is 5.00 Å². The zero-order chi connectivity index (χ0) is 23.7. The van der Waals surface area contributed by atoms with E-state index in [1.165, 1.54) is 23.1 Å². The van der Waals surface area contributed by atoms with Crippen LogP contribution in [0.15, 0.2) is 35.5 Å². The van der Waals surface area contributed by atoms with Crippen LogP contribution in [0, 0.1) is 20.8 Å². The number of esters is 1. The zero-order valence-corrected chi connectivity index (χ0v) is 20.9. The van der Waals surface area contributed by atoms with Crippen molar-refractivity contribution in [3.05, 3.63) is 51.9 Å². The number of pyridine rings is 1. The van der Waals surface area contributed by atoms with E-state index in [-0.39, 0.29) is 12.5 Å². The molecular formula is C24H26N4O3S2. The normalized spacial score (nSPS) is 12.3. The van der Waals surface area contributed by atoms with Crippen molar-refractivity contribution in [2.75, 3.05) is 11.9 Å². The lowest BCUT2D eigenvalue weighted by Crippen LogP contribution is -2.25. The fourth-order valence-corrected chi connectivity index (χ4v) is 5.78. The molecule has 0 spiro atoms. The second-order valence-electron chi connectivity index (χ2n) is 7.73. The minimum absolute atomic E-state index is 0.178. The van der Waals surface area contributed by atoms with E-state index in [1.807, 2.05) is 49.4 Å². The highest BCUT2D eigenvalue weighted by atomic mass is 32.2. The highest BCUT2D eigenvalue weighted by Crippen LogP contribution is 2.35. The smallest absolute Gasteiger partial charge is 0.341 e. The number of thioether (sulfide) groups is 1. The van der Waals surface area contributed by atoms with Gasteiger partial charge < -0.3 is 10.1 Å². The Morgan fingerprint density at radius 1 is 1.18 bits per heavy atom. The number of nitrogens with one attached hydrogen (secondary N) is 1. The van der Waals surface area contributed by atoms with Crippen LogP contribution in [0.25, 0.3) is 16.6 Å². The number of amides is 1.